The number of hydrogen-bond donors (Lipinski definition) is 1. The first kappa shape index (κ1) is 19.3. The van der Waals surface area contributed by atoms with Gasteiger partial charge in [0.1, 0.15) is 0 Å². The summed E-state index contributed by atoms with van der Waals surface area (Å²) in [4.78, 5) is 25.7. The molecule has 6 nitrogen and oxygen atoms in total. The normalized spacial score (nSPS) is 14.7. The molecule has 28 heavy (non-hydrogen) atoms. The number of aliphatic hydroxyl groups is 1. The number of ether oxygens (including phenoxy) is 2. The van der Waals surface area contributed by atoms with Crippen molar-refractivity contribution in [1.82, 2.24) is 0 Å². The standard InChI is InChI=1S/C19H14F3NO5/c1-27-13-7-6-10(8-14(13)28-2)15-16(24)18(26)23(17(15)25)12-5-3-4-11(9-12)19(20,21)22/h3-9,24H,1-2H3. The molecule has 1 heterocycles. The van der Waals surface area contributed by atoms with Crippen molar-refractivity contribution in [1.29, 1.82) is 0 Å². The molecule has 146 valence electrons. The molecule has 2 aromatic rings. The Kier molecular flexibility index (Phi) is 4.76. The van der Waals surface area contributed by atoms with Crippen LogP contribution in [0.2, 0.25) is 0 Å². The highest BCUT2D eigenvalue weighted by atomic mass is 19.4. The Labute approximate surface area is 157 Å². The van der Waals surface area contributed by atoms with E-state index in [9.17, 15) is 27.9 Å². The zero-order valence-electron chi connectivity index (χ0n) is 14.7. The molecule has 0 unspecified atom stereocenters. The summed E-state index contributed by atoms with van der Waals surface area (Å²) in [6, 6.07) is 8.01. The predicted octanol–water partition coefficient (Wildman–Crippen LogP) is 3.57. The summed E-state index contributed by atoms with van der Waals surface area (Å²) in [5, 5.41) is 10.2. The largest absolute Gasteiger partial charge is 0.502 e. The third-order valence-corrected chi connectivity index (χ3v) is 4.16. The van der Waals surface area contributed by atoms with Crippen molar-refractivity contribution in [3.05, 3.63) is 59.4 Å². The Morgan fingerprint density at radius 1 is 0.929 bits per heavy atom. The number of methoxy groups -OCH3 is 2. The molecule has 0 bridgehead atoms. The van der Waals surface area contributed by atoms with Gasteiger partial charge in [-0.3, -0.25) is 9.59 Å². The number of alkyl halides is 3. The minimum Gasteiger partial charge on any atom is -0.502 e. The second-order valence-electron chi connectivity index (χ2n) is 5.79. The number of carbonyl (C=O) groups excluding carboxylic acids is 2. The van der Waals surface area contributed by atoms with E-state index in [4.69, 9.17) is 9.47 Å². The molecule has 0 radical (unpaired) electrons. The van der Waals surface area contributed by atoms with E-state index < -0.39 is 29.3 Å². The first-order valence-corrected chi connectivity index (χ1v) is 7.90. The quantitative estimate of drug-likeness (QED) is 0.804. The van der Waals surface area contributed by atoms with Crippen LogP contribution in [0.4, 0.5) is 18.9 Å². The van der Waals surface area contributed by atoms with Gasteiger partial charge in [0.2, 0.25) is 0 Å². The van der Waals surface area contributed by atoms with Crippen molar-refractivity contribution in [2.75, 3.05) is 19.1 Å². The number of imide groups is 1. The van der Waals surface area contributed by atoms with E-state index in [1.165, 1.54) is 38.5 Å². The molecule has 0 aromatic heterocycles. The molecule has 1 aliphatic rings. The average molecular weight is 393 g/mol. The number of rotatable bonds is 4. The van der Waals surface area contributed by atoms with Crippen LogP contribution in [0.5, 0.6) is 11.5 Å². The van der Waals surface area contributed by atoms with Crippen LogP contribution < -0.4 is 14.4 Å². The van der Waals surface area contributed by atoms with Crippen LogP contribution >= 0.6 is 0 Å². The Bertz CT molecular complexity index is 997. The number of amides is 2. The summed E-state index contributed by atoms with van der Waals surface area (Å²) < 4.78 is 49.1. The minimum absolute atomic E-state index is 0.156. The van der Waals surface area contributed by atoms with E-state index in [1.807, 2.05) is 0 Å². The van der Waals surface area contributed by atoms with Crippen molar-refractivity contribution in [2.45, 2.75) is 6.18 Å². The number of carbonyl (C=O) groups is 2. The maximum absolute atomic E-state index is 12.9. The van der Waals surface area contributed by atoms with Crippen LogP contribution in [0.1, 0.15) is 11.1 Å². The molecule has 0 atom stereocenters. The number of nitrogens with zero attached hydrogens (tertiary/aromatic N) is 1. The van der Waals surface area contributed by atoms with Crippen molar-refractivity contribution < 1.29 is 37.3 Å². The topological polar surface area (TPSA) is 76.1 Å². The van der Waals surface area contributed by atoms with Crippen molar-refractivity contribution in [3.8, 4) is 11.5 Å². The molecule has 1 aliphatic heterocycles. The molecule has 0 spiro atoms. The maximum Gasteiger partial charge on any atom is 0.416 e. The highest BCUT2D eigenvalue weighted by Crippen LogP contribution is 2.38. The average Bonchev–Trinajstić information content (AvgIpc) is 2.89. The van der Waals surface area contributed by atoms with E-state index in [-0.39, 0.29) is 22.6 Å². The van der Waals surface area contributed by atoms with Crippen LogP contribution in [0.3, 0.4) is 0 Å². The lowest BCUT2D eigenvalue weighted by atomic mass is 10.0. The first-order chi connectivity index (χ1) is 13.2. The van der Waals surface area contributed by atoms with Gasteiger partial charge in [-0.15, -0.1) is 0 Å². The molecule has 2 amide bonds. The summed E-state index contributed by atoms with van der Waals surface area (Å²) in [5.41, 5.74) is -1.51. The lowest BCUT2D eigenvalue weighted by Gasteiger charge is -2.16. The molecule has 0 aliphatic carbocycles. The predicted molar refractivity (Wildman–Crippen MR) is 93.0 cm³/mol. The molecule has 0 saturated heterocycles. The zero-order valence-corrected chi connectivity index (χ0v) is 14.7. The van der Waals surface area contributed by atoms with Crippen LogP contribution in [0, 0.1) is 0 Å². The number of halogens is 3. The van der Waals surface area contributed by atoms with Crippen molar-refractivity contribution in [2.24, 2.45) is 0 Å². The third-order valence-electron chi connectivity index (χ3n) is 4.16. The van der Waals surface area contributed by atoms with Crippen LogP contribution in [0.25, 0.3) is 5.57 Å². The fourth-order valence-corrected chi connectivity index (χ4v) is 2.83. The van der Waals surface area contributed by atoms with Gasteiger partial charge in [-0.25, -0.2) is 4.90 Å². The van der Waals surface area contributed by atoms with Gasteiger partial charge in [-0.2, -0.15) is 13.2 Å². The Balaban J connectivity index is 2.04. The lowest BCUT2D eigenvalue weighted by Crippen LogP contribution is -2.31. The highest BCUT2D eigenvalue weighted by molar-refractivity contribution is 6.44. The first-order valence-electron chi connectivity index (χ1n) is 7.90. The molecule has 0 saturated carbocycles. The Morgan fingerprint density at radius 2 is 1.61 bits per heavy atom. The van der Waals surface area contributed by atoms with Crippen LogP contribution in [-0.2, 0) is 15.8 Å². The number of aliphatic hydroxyl groups excluding tert-OH is 1. The van der Waals surface area contributed by atoms with E-state index in [2.05, 4.69) is 0 Å². The monoisotopic (exact) mass is 393 g/mol. The smallest absolute Gasteiger partial charge is 0.416 e. The minimum atomic E-state index is -4.65. The second-order valence-corrected chi connectivity index (χ2v) is 5.79. The molecule has 9 heteroatoms. The molecule has 0 fully saturated rings. The number of hydrogen-bond acceptors (Lipinski definition) is 5. The summed E-state index contributed by atoms with van der Waals surface area (Å²) in [6.07, 6.45) is -4.65. The van der Waals surface area contributed by atoms with E-state index in [0.29, 0.717) is 16.7 Å². The summed E-state index contributed by atoms with van der Waals surface area (Å²) in [5.74, 6) is -2.33. The van der Waals surface area contributed by atoms with E-state index in [1.54, 1.807) is 0 Å². The molecule has 3 rings (SSSR count). The fraction of sp³-hybridized carbons (Fsp3) is 0.158. The van der Waals surface area contributed by atoms with Crippen LogP contribution in [-0.4, -0.2) is 31.1 Å². The van der Waals surface area contributed by atoms with Gasteiger partial charge >= 0.3 is 12.1 Å². The van der Waals surface area contributed by atoms with Gasteiger partial charge in [0.25, 0.3) is 5.91 Å². The van der Waals surface area contributed by atoms with Gasteiger partial charge in [0, 0.05) is 0 Å². The van der Waals surface area contributed by atoms with Gasteiger partial charge in [-0.05, 0) is 35.9 Å². The van der Waals surface area contributed by atoms with E-state index >= 15 is 0 Å². The van der Waals surface area contributed by atoms with E-state index in [0.717, 1.165) is 12.1 Å². The molecule has 1 N–H and O–H groups in total. The number of anilines is 1. The summed E-state index contributed by atoms with van der Waals surface area (Å²) in [7, 11) is 2.78. The highest BCUT2D eigenvalue weighted by Gasteiger charge is 2.41. The van der Waals surface area contributed by atoms with Crippen LogP contribution in [0.15, 0.2) is 48.2 Å². The van der Waals surface area contributed by atoms with Gasteiger partial charge in [0.05, 0.1) is 31.0 Å². The number of benzene rings is 2. The Morgan fingerprint density at radius 3 is 2.21 bits per heavy atom. The summed E-state index contributed by atoms with van der Waals surface area (Å²) >= 11 is 0. The third kappa shape index (κ3) is 3.15. The molecule has 2 aromatic carbocycles. The van der Waals surface area contributed by atoms with Gasteiger partial charge in [-0.1, -0.05) is 12.1 Å². The summed E-state index contributed by atoms with van der Waals surface area (Å²) in [6.45, 7) is 0. The SMILES string of the molecule is COc1ccc(C2=C(O)C(=O)N(c3cccc(C(F)(F)F)c3)C2=O)cc1OC. The van der Waals surface area contributed by atoms with Crippen molar-refractivity contribution in [3.63, 3.8) is 0 Å². The lowest BCUT2D eigenvalue weighted by molar-refractivity contribution is -0.137. The second kappa shape index (κ2) is 6.91. The van der Waals surface area contributed by atoms with Gasteiger partial charge in [0.15, 0.2) is 17.3 Å². The molecular weight excluding hydrogens is 379 g/mol. The molecular formula is C19H14F3NO5. The van der Waals surface area contributed by atoms with Crippen molar-refractivity contribution >= 4 is 23.1 Å². The zero-order chi connectivity index (χ0) is 20.6. The fourth-order valence-electron chi connectivity index (χ4n) is 2.83. The maximum atomic E-state index is 12.9. The Hall–Kier alpha value is -3.49. The van der Waals surface area contributed by atoms with Gasteiger partial charge < -0.3 is 14.6 Å².